The number of rotatable bonds is 7. The standard InChI is InChI=1S/C25H26ClN3O5S/c1-33-21-9-7-20(8-10-21)28-13-15-29(16-14-28)35(31,32)22-11-12-24(34-2)23(17-22)27-25(30)18-3-5-19(26)6-4-18/h3-12,17H,13-16H2,1-2H3,(H,27,30). The van der Waals surface area contributed by atoms with Crippen LogP contribution in [0.2, 0.25) is 5.02 Å². The highest BCUT2D eigenvalue weighted by molar-refractivity contribution is 7.89. The normalized spacial score (nSPS) is 14.4. The maximum atomic E-state index is 13.4. The summed E-state index contributed by atoms with van der Waals surface area (Å²) in [6.07, 6.45) is 0. The van der Waals surface area contributed by atoms with Gasteiger partial charge in [0.2, 0.25) is 10.0 Å². The van der Waals surface area contributed by atoms with Crippen LogP contribution in [-0.2, 0) is 10.0 Å². The molecule has 1 N–H and O–H groups in total. The van der Waals surface area contributed by atoms with Gasteiger partial charge in [0.05, 0.1) is 24.8 Å². The average molecular weight is 516 g/mol. The number of amides is 1. The maximum absolute atomic E-state index is 13.4. The summed E-state index contributed by atoms with van der Waals surface area (Å²) >= 11 is 5.89. The van der Waals surface area contributed by atoms with Gasteiger partial charge in [-0.25, -0.2) is 8.42 Å². The average Bonchev–Trinajstić information content (AvgIpc) is 2.89. The molecule has 1 amide bonds. The number of nitrogens with zero attached hydrogens (tertiary/aromatic N) is 2. The topological polar surface area (TPSA) is 88.2 Å². The Hall–Kier alpha value is -3.27. The number of hydrogen-bond acceptors (Lipinski definition) is 6. The molecule has 0 aromatic heterocycles. The lowest BCUT2D eigenvalue weighted by Crippen LogP contribution is -2.48. The number of piperazine rings is 1. The number of nitrogens with one attached hydrogen (secondary N) is 1. The molecule has 0 bridgehead atoms. The van der Waals surface area contributed by atoms with Gasteiger partial charge in [-0.1, -0.05) is 11.6 Å². The molecule has 1 aliphatic rings. The van der Waals surface area contributed by atoms with Gasteiger partial charge in [-0.05, 0) is 66.7 Å². The van der Waals surface area contributed by atoms with E-state index in [1.165, 1.54) is 29.6 Å². The summed E-state index contributed by atoms with van der Waals surface area (Å²) < 4.78 is 38.8. The molecule has 3 aromatic carbocycles. The first-order valence-electron chi connectivity index (χ1n) is 11.0. The second-order valence-corrected chi connectivity index (χ2v) is 10.3. The van der Waals surface area contributed by atoms with E-state index in [0.29, 0.717) is 42.5 Å². The lowest BCUT2D eigenvalue weighted by atomic mass is 10.2. The zero-order valence-electron chi connectivity index (χ0n) is 19.4. The van der Waals surface area contributed by atoms with Crippen molar-refractivity contribution in [3.63, 3.8) is 0 Å². The van der Waals surface area contributed by atoms with Gasteiger partial charge in [-0.15, -0.1) is 0 Å². The minimum atomic E-state index is -3.77. The Morgan fingerprint density at radius 2 is 1.54 bits per heavy atom. The van der Waals surface area contributed by atoms with Gasteiger partial charge < -0.3 is 19.7 Å². The molecule has 3 aromatic rings. The number of hydrogen-bond donors (Lipinski definition) is 1. The summed E-state index contributed by atoms with van der Waals surface area (Å²) in [7, 11) is -0.694. The lowest BCUT2D eigenvalue weighted by molar-refractivity contribution is 0.102. The zero-order chi connectivity index (χ0) is 25.0. The molecular formula is C25H26ClN3O5S. The largest absolute Gasteiger partial charge is 0.497 e. The Balaban J connectivity index is 1.49. The fourth-order valence-electron chi connectivity index (χ4n) is 3.87. The van der Waals surface area contributed by atoms with Gasteiger partial charge in [0.15, 0.2) is 0 Å². The molecule has 1 heterocycles. The minimum absolute atomic E-state index is 0.0857. The van der Waals surface area contributed by atoms with E-state index in [1.807, 2.05) is 24.3 Å². The van der Waals surface area contributed by atoms with Gasteiger partial charge in [0.1, 0.15) is 11.5 Å². The van der Waals surface area contributed by atoms with Crippen LogP contribution in [0.25, 0.3) is 0 Å². The summed E-state index contributed by atoms with van der Waals surface area (Å²) in [4.78, 5) is 14.9. The van der Waals surface area contributed by atoms with E-state index < -0.39 is 15.9 Å². The zero-order valence-corrected chi connectivity index (χ0v) is 21.0. The van der Waals surface area contributed by atoms with E-state index in [0.717, 1.165) is 11.4 Å². The molecule has 0 unspecified atom stereocenters. The van der Waals surface area contributed by atoms with Crippen molar-refractivity contribution in [2.75, 3.05) is 50.6 Å². The van der Waals surface area contributed by atoms with Crippen LogP contribution in [0.1, 0.15) is 10.4 Å². The summed E-state index contributed by atoms with van der Waals surface area (Å²) in [5.41, 5.74) is 1.67. The minimum Gasteiger partial charge on any atom is -0.497 e. The first-order chi connectivity index (χ1) is 16.8. The van der Waals surface area contributed by atoms with Crippen LogP contribution < -0.4 is 19.7 Å². The number of ether oxygens (including phenoxy) is 2. The summed E-state index contributed by atoms with van der Waals surface area (Å²) in [6, 6.07) is 18.5. The van der Waals surface area contributed by atoms with Crippen LogP contribution in [0.15, 0.2) is 71.6 Å². The van der Waals surface area contributed by atoms with E-state index in [2.05, 4.69) is 10.2 Å². The number of halogens is 1. The van der Waals surface area contributed by atoms with Crippen molar-refractivity contribution in [2.24, 2.45) is 0 Å². The van der Waals surface area contributed by atoms with Crippen LogP contribution in [0.5, 0.6) is 11.5 Å². The van der Waals surface area contributed by atoms with Crippen molar-refractivity contribution in [3.8, 4) is 11.5 Å². The quantitative estimate of drug-likeness (QED) is 0.509. The predicted molar refractivity (Wildman–Crippen MR) is 136 cm³/mol. The summed E-state index contributed by atoms with van der Waals surface area (Å²) in [5, 5.41) is 3.26. The Morgan fingerprint density at radius 3 is 2.14 bits per heavy atom. The maximum Gasteiger partial charge on any atom is 0.255 e. The smallest absolute Gasteiger partial charge is 0.255 e. The first kappa shape index (κ1) is 24.8. The third-order valence-corrected chi connectivity index (χ3v) is 7.99. The first-order valence-corrected chi connectivity index (χ1v) is 12.8. The third kappa shape index (κ3) is 5.53. The Morgan fingerprint density at radius 1 is 0.886 bits per heavy atom. The molecule has 1 saturated heterocycles. The van der Waals surface area contributed by atoms with Crippen molar-refractivity contribution < 1.29 is 22.7 Å². The molecule has 1 aliphatic heterocycles. The SMILES string of the molecule is COc1ccc(N2CCN(S(=O)(=O)c3ccc(OC)c(NC(=O)c4ccc(Cl)cc4)c3)CC2)cc1. The van der Waals surface area contributed by atoms with Crippen molar-refractivity contribution in [3.05, 3.63) is 77.3 Å². The van der Waals surface area contributed by atoms with Crippen LogP contribution in [0.4, 0.5) is 11.4 Å². The van der Waals surface area contributed by atoms with Gasteiger partial charge in [0, 0.05) is 42.5 Å². The monoisotopic (exact) mass is 515 g/mol. The fourth-order valence-corrected chi connectivity index (χ4v) is 5.44. The van der Waals surface area contributed by atoms with E-state index >= 15 is 0 Å². The molecule has 0 radical (unpaired) electrons. The molecule has 10 heteroatoms. The molecule has 8 nitrogen and oxygen atoms in total. The third-order valence-electron chi connectivity index (χ3n) is 5.84. The van der Waals surface area contributed by atoms with E-state index in [4.69, 9.17) is 21.1 Å². The molecule has 1 fully saturated rings. The number of benzene rings is 3. The Bertz CT molecular complexity index is 1290. The molecular weight excluding hydrogens is 490 g/mol. The summed E-state index contributed by atoms with van der Waals surface area (Å²) in [6.45, 7) is 1.80. The summed E-state index contributed by atoms with van der Waals surface area (Å²) in [5.74, 6) is 0.728. The lowest BCUT2D eigenvalue weighted by Gasteiger charge is -2.35. The van der Waals surface area contributed by atoms with Crippen molar-refractivity contribution >= 4 is 38.9 Å². The van der Waals surface area contributed by atoms with E-state index in [-0.39, 0.29) is 10.6 Å². The molecule has 0 saturated carbocycles. The van der Waals surface area contributed by atoms with Crippen LogP contribution in [0.3, 0.4) is 0 Å². The predicted octanol–water partition coefficient (Wildman–Crippen LogP) is 4.12. The second-order valence-electron chi connectivity index (χ2n) is 7.91. The van der Waals surface area contributed by atoms with Crippen molar-refractivity contribution in [2.45, 2.75) is 4.90 Å². The van der Waals surface area contributed by atoms with Gasteiger partial charge >= 0.3 is 0 Å². The number of anilines is 2. The number of methoxy groups -OCH3 is 2. The highest BCUT2D eigenvalue weighted by Gasteiger charge is 2.29. The van der Waals surface area contributed by atoms with Crippen LogP contribution in [-0.4, -0.2) is 59.0 Å². The number of sulfonamides is 1. The van der Waals surface area contributed by atoms with Gasteiger partial charge in [-0.2, -0.15) is 4.31 Å². The molecule has 0 atom stereocenters. The van der Waals surface area contributed by atoms with Crippen molar-refractivity contribution in [1.82, 2.24) is 4.31 Å². The van der Waals surface area contributed by atoms with E-state index in [1.54, 1.807) is 31.4 Å². The molecule has 184 valence electrons. The molecule has 4 rings (SSSR count). The molecule has 0 aliphatic carbocycles. The number of carbonyl (C=O) groups excluding carboxylic acids is 1. The van der Waals surface area contributed by atoms with Gasteiger partial charge in [0.25, 0.3) is 5.91 Å². The fraction of sp³-hybridized carbons (Fsp3) is 0.240. The Kier molecular flexibility index (Phi) is 7.49. The number of carbonyl (C=O) groups is 1. The van der Waals surface area contributed by atoms with Crippen LogP contribution >= 0.6 is 11.6 Å². The van der Waals surface area contributed by atoms with E-state index in [9.17, 15) is 13.2 Å². The van der Waals surface area contributed by atoms with Gasteiger partial charge in [-0.3, -0.25) is 4.79 Å². The molecule has 0 spiro atoms. The molecule has 35 heavy (non-hydrogen) atoms. The second kappa shape index (κ2) is 10.6. The van der Waals surface area contributed by atoms with Crippen LogP contribution in [0, 0.1) is 0 Å². The van der Waals surface area contributed by atoms with Crippen molar-refractivity contribution in [1.29, 1.82) is 0 Å². The highest BCUT2D eigenvalue weighted by atomic mass is 35.5. The Labute approximate surface area is 210 Å². The highest BCUT2D eigenvalue weighted by Crippen LogP contribution is 2.30.